The van der Waals surface area contributed by atoms with Crippen molar-refractivity contribution >= 4 is 11.9 Å². The number of nitrogens with zero attached hydrogens (tertiary/aromatic N) is 1. The molecule has 0 radical (unpaired) electrons. The predicted molar refractivity (Wildman–Crippen MR) is 69.1 cm³/mol. The van der Waals surface area contributed by atoms with Gasteiger partial charge in [0.25, 0.3) is 0 Å². The highest BCUT2D eigenvalue weighted by atomic mass is 16.4. The van der Waals surface area contributed by atoms with E-state index in [0.717, 1.165) is 32.1 Å². The second-order valence-electron chi connectivity index (χ2n) is 5.29. The molecule has 18 heavy (non-hydrogen) atoms. The van der Waals surface area contributed by atoms with E-state index in [4.69, 9.17) is 10.8 Å². The molecule has 0 aromatic rings. The van der Waals surface area contributed by atoms with E-state index in [1.54, 1.807) is 0 Å². The molecule has 1 amide bonds. The minimum Gasteiger partial charge on any atom is -0.481 e. The molecule has 5 nitrogen and oxygen atoms in total. The summed E-state index contributed by atoms with van der Waals surface area (Å²) in [5, 5.41) is 9.13. The van der Waals surface area contributed by atoms with Crippen molar-refractivity contribution < 1.29 is 14.7 Å². The summed E-state index contributed by atoms with van der Waals surface area (Å²) in [4.78, 5) is 24.5. The highest BCUT2D eigenvalue weighted by Gasteiger charge is 2.41. The molecule has 3 N–H and O–H groups in total. The molecule has 1 fully saturated rings. The molecule has 0 aromatic heterocycles. The second kappa shape index (κ2) is 6.18. The van der Waals surface area contributed by atoms with E-state index in [1.807, 2.05) is 18.9 Å². The molecule has 1 rings (SSSR count). The lowest BCUT2D eigenvalue weighted by molar-refractivity contribution is -0.143. The lowest BCUT2D eigenvalue weighted by Crippen LogP contribution is -2.57. The molecule has 0 aliphatic heterocycles. The van der Waals surface area contributed by atoms with Crippen molar-refractivity contribution in [3.63, 3.8) is 0 Å². The zero-order chi connectivity index (χ0) is 13.8. The molecule has 0 heterocycles. The topological polar surface area (TPSA) is 83.6 Å². The smallest absolute Gasteiger partial charge is 0.305 e. The van der Waals surface area contributed by atoms with Crippen LogP contribution in [0, 0.1) is 0 Å². The molecule has 0 bridgehead atoms. The van der Waals surface area contributed by atoms with Crippen LogP contribution in [0.1, 0.15) is 51.9 Å². The number of rotatable bonds is 6. The molecule has 104 valence electrons. The number of carbonyl (C=O) groups is 2. The maximum atomic E-state index is 11.5. The monoisotopic (exact) mass is 256 g/mol. The Labute approximate surface area is 108 Å². The number of aliphatic carboxylic acids is 1. The van der Waals surface area contributed by atoms with Crippen molar-refractivity contribution in [2.24, 2.45) is 5.73 Å². The molecule has 1 aliphatic rings. The third-order valence-electron chi connectivity index (χ3n) is 4.20. The maximum absolute atomic E-state index is 11.5. The Morgan fingerprint density at radius 2 is 1.89 bits per heavy atom. The summed E-state index contributed by atoms with van der Waals surface area (Å²) in [6.07, 6.45) is 5.56. The van der Waals surface area contributed by atoms with Gasteiger partial charge in [0.05, 0.1) is 12.5 Å². The van der Waals surface area contributed by atoms with Gasteiger partial charge in [0, 0.05) is 5.54 Å². The van der Waals surface area contributed by atoms with Crippen LogP contribution in [-0.2, 0) is 9.59 Å². The molecule has 5 heteroatoms. The van der Waals surface area contributed by atoms with Crippen molar-refractivity contribution in [3.8, 4) is 0 Å². The van der Waals surface area contributed by atoms with Gasteiger partial charge in [-0.05, 0) is 26.3 Å². The van der Waals surface area contributed by atoms with Gasteiger partial charge < -0.3 is 10.8 Å². The highest BCUT2D eigenvalue weighted by molar-refractivity contribution is 5.80. The van der Waals surface area contributed by atoms with Crippen molar-refractivity contribution in [3.05, 3.63) is 0 Å². The Bertz CT molecular complexity index is 311. The van der Waals surface area contributed by atoms with Crippen LogP contribution in [0.3, 0.4) is 0 Å². The first kappa shape index (κ1) is 15.0. The lowest BCUT2D eigenvalue weighted by Gasteiger charge is -2.46. The molecule has 0 spiro atoms. The summed E-state index contributed by atoms with van der Waals surface area (Å²) in [5.74, 6) is -1.17. The van der Waals surface area contributed by atoms with Gasteiger partial charge in [0.2, 0.25) is 5.91 Å². The summed E-state index contributed by atoms with van der Waals surface area (Å²) < 4.78 is 0. The van der Waals surface area contributed by atoms with E-state index in [0.29, 0.717) is 6.42 Å². The minimum absolute atomic E-state index is 0.0906. The zero-order valence-electron chi connectivity index (χ0n) is 11.3. The SMILES string of the molecule is CCC(C(N)=O)N(C)C1(CC(=O)O)CCCCC1. The van der Waals surface area contributed by atoms with Crippen molar-refractivity contribution in [1.82, 2.24) is 4.90 Å². The molecule has 1 atom stereocenters. The van der Waals surface area contributed by atoms with Crippen LogP contribution in [0.2, 0.25) is 0 Å². The van der Waals surface area contributed by atoms with E-state index < -0.39 is 11.5 Å². The van der Waals surface area contributed by atoms with Crippen LogP contribution in [0.15, 0.2) is 0 Å². The zero-order valence-corrected chi connectivity index (χ0v) is 11.3. The van der Waals surface area contributed by atoms with Crippen LogP contribution in [0.5, 0.6) is 0 Å². The number of likely N-dealkylation sites (N-methyl/N-ethyl adjacent to an activating group) is 1. The first-order valence-electron chi connectivity index (χ1n) is 6.67. The van der Waals surface area contributed by atoms with Crippen molar-refractivity contribution in [2.75, 3.05) is 7.05 Å². The Balaban J connectivity index is 2.93. The van der Waals surface area contributed by atoms with Gasteiger partial charge in [0.1, 0.15) is 0 Å². The van der Waals surface area contributed by atoms with E-state index in [9.17, 15) is 9.59 Å². The number of carboxylic acid groups (broad SMARTS) is 1. The maximum Gasteiger partial charge on any atom is 0.305 e. The lowest BCUT2D eigenvalue weighted by atomic mass is 9.77. The number of nitrogens with two attached hydrogens (primary N) is 1. The van der Waals surface area contributed by atoms with Crippen LogP contribution in [0.4, 0.5) is 0 Å². The van der Waals surface area contributed by atoms with Gasteiger partial charge in [-0.15, -0.1) is 0 Å². The third-order valence-corrected chi connectivity index (χ3v) is 4.20. The Hall–Kier alpha value is -1.10. The summed E-state index contributed by atoms with van der Waals surface area (Å²) in [5.41, 5.74) is 5.01. The summed E-state index contributed by atoms with van der Waals surface area (Å²) in [6, 6.07) is -0.373. The van der Waals surface area contributed by atoms with Crippen LogP contribution in [-0.4, -0.2) is 40.5 Å². The molecule has 1 saturated carbocycles. The standard InChI is InChI=1S/C13H24N2O3/c1-3-10(12(14)18)15(2)13(9-11(16)17)7-5-4-6-8-13/h10H,3-9H2,1-2H3,(H2,14,18)(H,16,17). The molecule has 0 aromatic carbocycles. The summed E-state index contributed by atoms with van der Waals surface area (Å²) in [7, 11) is 1.84. The largest absolute Gasteiger partial charge is 0.481 e. The quantitative estimate of drug-likeness (QED) is 0.751. The number of amides is 1. The van der Waals surface area contributed by atoms with E-state index in [1.165, 1.54) is 0 Å². The van der Waals surface area contributed by atoms with Gasteiger partial charge in [-0.2, -0.15) is 0 Å². The molecule has 1 aliphatic carbocycles. The molecular weight excluding hydrogens is 232 g/mol. The number of carboxylic acids is 1. The molecule has 1 unspecified atom stereocenters. The van der Waals surface area contributed by atoms with E-state index in [-0.39, 0.29) is 18.4 Å². The van der Waals surface area contributed by atoms with E-state index in [2.05, 4.69) is 0 Å². The molecular formula is C13H24N2O3. The van der Waals surface area contributed by atoms with E-state index >= 15 is 0 Å². The number of carbonyl (C=O) groups excluding carboxylic acids is 1. The van der Waals surface area contributed by atoms with Crippen LogP contribution in [0.25, 0.3) is 0 Å². The normalized spacial score (nSPS) is 20.6. The summed E-state index contributed by atoms with van der Waals surface area (Å²) >= 11 is 0. The van der Waals surface area contributed by atoms with Crippen molar-refractivity contribution in [1.29, 1.82) is 0 Å². The minimum atomic E-state index is -0.803. The Morgan fingerprint density at radius 1 is 1.33 bits per heavy atom. The average Bonchev–Trinajstić information content (AvgIpc) is 2.29. The third kappa shape index (κ3) is 3.22. The fourth-order valence-electron chi connectivity index (χ4n) is 3.14. The van der Waals surface area contributed by atoms with Gasteiger partial charge in [-0.25, -0.2) is 0 Å². The first-order chi connectivity index (χ1) is 8.43. The Morgan fingerprint density at radius 3 is 2.28 bits per heavy atom. The fraction of sp³-hybridized carbons (Fsp3) is 0.846. The first-order valence-corrected chi connectivity index (χ1v) is 6.67. The van der Waals surface area contributed by atoms with Gasteiger partial charge in [-0.1, -0.05) is 26.2 Å². The van der Waals surface area contributed by atoms with Gasteiger partial charge in [0.15, 0.2) is 0 Å². The average molecular weight is 256 g/mol. The highest BCUT2D eigenvalue weighted by Crippen LogP contribution is 2.37. The number of hydrogen-bond acceptors (Lipinski definition) is 3. The molecule has 0 saturated heterocycles. The fourth-order valence-corrected chi connectivity index (χ4v) is 3.14. The van der Waals surface area contributed by atoms with Gasteiger partial charge >= 0.3 is 5.97 Å². The Kier molecular flexibility index (Phi) is 5.14. The van der Waals surface area contributed by atoms with Crippen LogP contribution >= 0.6 is 0 Å². The second-order valence-corrected chi connectivity index (χ2v) is 5.29. The van der Waals surface area contributed by atoms with Crippen LogP contribution < -0.4 is 5.73 Å². The van der Waals surface area contributed by atoms with Crippen molar-refractivity contribution in [2.45, 2.75) is 63.5 Å². The number of hydrogen-bond donors (Lipinski definition) is 2. The summed E-state index contributed by atoms with van der Waals surface area (Å²) in [6.45, 7) is 1.91. The van der Waals surface area contributed by atoms with Gasteiger partial charge in [-0.3, -0.25) is 14.5 Å². The number of primary amides is 1. The predicted octanol–water partition coefficient (Wildman–Crippen LogP) is 1.36.